The van der Waals surface area contributed by atoms with Crippen molar-refractivity contribution < 1.29 is 19.1 Å². The number of Topliss-reactive ketones (excluding diaryl/α,β-unsaturated/α-hetero) is 2. The Morgan fingerprint density at radius 2 is 1.65 bits per heavy atom. The van der Waals surface area contributed by atoms with Crippen LogP contribution in [0, 0.1) is 0 Å². The van der Waals surface area contributed by atoms with Gasteiger partial charge in [-0.25, -0.2) is 4.79 Å². The molecule has 0 radical (unpaired) electrons. The zero-order chi connectivity index (χ0) is 19.1. The maximum atomic E-state index is 13.2. The third-order valence-corrected chi connectivity index (χ3v) is 4.70. The number of hydrogen-bond acceptors (Lipinski definition) is 4. The van der Waals surface area contributed by atoms with Gasteiger partial charge in [0.1, 0.15) is 5.75 Å². The lowest BCUT2D eigenvalue weighted by Gasteiger charge is -2.29. The van der Waals surface area contributed by atoms with Crippen LogP contribution in [0.3, 0.4) is 0 Å². The molecule has 1 aliphatic carbocycles. The fraction of sp³-hybridized carbons (Fsp3) is 0.250. The molecule has 6 heteroatoms. The number of amides is 2. The summed E-state index contributed by atoms with van der Waals surface area (Å²) in [6.07, 6.45) is 0. The first-order valence-corrected chi connectivity index (χ1v) is 8.27. The number of hydrogen-bond donors (Lipinski definition) is 2. The summed E-state index contributed by atoms with van der Waals surface area (Å²) in [5.41, 5.74) is 5.16. The fourth-order valence-corrected chi connectivity index (χ4v) is 3.37. The molecule has 0 saturated carbocycles. The molecule has 3 N–H and O–H groups in total. The molecule has 1 aliphatic rings. The Balaban J connectivity index is 2.28. The van der Waals surface area contributed by atoms with Crippen molar-refractivity contribution in [2.45, 2.75) is 25.3 Å². The van der Waals surface area contributed by atoms with Gasteiger partial charge in [-0.05, 0) is 17.5 Å². The third-order valence-electron chi connectivity index (χ3n) is 4.70. The smallest absolute Gasteiger partial charge is 0.313 e. The molecule has 3 rings (SSSR count). The fourth-order valence-electron chi connectivity index (χ4n) is 3.37. The highest BCUT2D eigenvalue weighted by molar-refractivity contribution is 6.33. The number of benzene rings is 2. The number of carbonyl (C=O) groups excluding carboxylic acids is 3. The van der Waals surface area contributed by atoms with E-state index in [4.69, 9.17) is 10.5 Å². The summed E-state index contributed by atoms with van der Waals surface area (Å²) < 4.78 is 5.45. The average Bonchev–Trinajstić information content (AvgIpc) is 2.83. The number of nitrogens with two attached hydrogens (primary N) is 1. The van der Waals surface area contributed by atoms with Gasteiger partial charge in [0, 0.05) is 16.7 Å². The van der Waals surface area contributed by atoms with Crippen molar-refractivity contribution in [3.05, 3.63) is 64.7 Å². The zero-order valence-electron chi connectivity index (χ0n) is 14.8. The molecule has 0 saturated heterocycles. The Morgan fingerprint density at radius 1 is 1.08 bits per heavy atom. The molecule has 0 spiro atoms. The summed E-state index contributed by atoms with van der Waals surface area (Å²) in [4.78, 5) is 38.1. The minimum Gasteiger partial charge on any atom is -0.496 e. The molecule has 2 aromatic rings. The molecule has 26 heavy (non-hydrogen) atoms. The van der Waals surface area contributed by atoms with Crippen molar-refractivity contribution in [1.29, 1.82) is 0 Å². The van der Waals surface area contributed by atoms with E-state index in [2.05, 4.69) is 5.32 Å². The van der Waals surface area contributed by atoms with Crippen molar-refractivity contribution in [1.82, 2.24) is 5.32 Å². The second-order valence-corrected chi connectivity index (χ2v) is 6.56. The van der Waals surface area contributed by atoms with E-state index in [9.17, 15) is 14.4 Å². The van der Waals surface area contributed by atoms with Gasteiger partial charge in [-0.1, -0.05) is 50.2 Å². The second kappa shape index (κ2) is 6.29. The highest BCUT2D eigenvalue weighted by Crippen LogP contribution is 2.42. The molecule has 6 nitrogen and oxygen atoms in total. The molecule has 2 amide bonds. The van der Waals surface area contributed by atoms with Gasteiger partial charge in [-0.15, -0.1) is 0 Å². The van der Waals surface area contributed by atoms with Crippen LogP contribution in [-0.2, 0) is 5.54 Å². The Labute approximate surface area is 151 Å². The minimum atomic E-state index is -1.92. The lowest BCUT2D eigenvalue weighted by atomic mass is 9.83. The molecular formula is C20H20N2O4. The van der Waals surface area contributed by atoms with Crippen LogP contribution in [0.2, 0.25) is 0 Å². The Bertz CT molecular complexity index is 883. The van der Waals surface area contributed by atoms with Gasteiger partial charge in [-0.2, -0.15) is 0 Å². The molecule has 0 fully saturated rings. The van der Waals surface area contributed by atoms with Crippen LogP contribution >= 0.6 is 0 Å². The van der Waals surface area contributed by atoms with Gasteiger partial charge >= 0.3 is 6.03 Å². The standard InChI is InChI=1S/C20H20N2O4/c1-11(2)12-8-9-15(16(10-12)26-3)20(22-19(21)25)17(23)13-6-4-5-7-14(13)18(20)24/h4-11H,1-3H3,(H3,21,22,25). The number of nitrogens with one attached hydrogen (secondary N) is 1. The molecule has 0 bridgehead atoms. The summed E-state index contributed by atoms with van der Waals surface area (Å²) >= 11 is 0. The van der Waals surface area contributed by atoms with E-state index < -0.39 is 23.1 Å². The molecule has 0 aromatic heterocycles. The van der Waals surface area contributed by atoms with Crippen LogP contribution in [0.25, 0.3) is 0 Å². The molecule has 0 aliphatic heterocycles. The average molecular weight is 352 g/mol. The predicted molar refractivity (Wildman–Crippen MR) is 96.6 cm³/mol. The molecule has 134 valence electrons. The van der Waals surface area contributed by atoms with Crippen LogP contribution in [0.5, 0.6) is 5.75 Å². The molecule has 0 heterocycles. The Morgan fingerprint density at radius 3 is 2.12 bits per heavy atom. The van der Waals surface area contributed by atoms with Crippen LogP contribution in [0.1, 0.15) is 51.6 Å². The number of fused-ring (bicyclic) bond motifs is 1. The zero-order valence-corrected chi connectivity index (χ0v) is 14.8. The van der Waals surface area contributed by atoms with Crippen molar-refractivity contribution in [3.8, 4) is 5.75 Å². The van der Waals surface area contributed by atoms with Crippen LogP contribution in [-0.4, -0.2) is 24.7 Å². The highest BCUT2D eigenvalue weighted by Gasteiger charge is 2.56. The van der Waals surface area contributed by atoms with Crippen molar-refractivity contribution in [2.75, 3.05) is 7.11 Å². The maximum absolute atomic E-state index is 13.2. The second-order valence-electron chi connectivity index (χ2n) is 6.56. The van der Waals surface area contributed by atoms with E-state index in [1.807, 2.05) is 19.9 Å². The largest absolute Gasteiger partial charge is 0.496 e. The Kier molecular flexibility index (Phi) is 4.28. The first kappa shape index (κ1) is 17.7. The van der Waals surface area contributed by atoms with Gasteiger partial charge < -0.3 is 15.8 Å². The maximum Gasteiger partial charge on any atom is 0.313 e. The van der Waals surface area contributed by atoms with Gasteiger partial charge in [0.25, 0.3) is 0 Å². The minimum absolute atomic E-state index is 0.227. The summed E-state index contributed by atoms with van der Waals surface area (Å²) in [5.74, 6) is -0.468. The number of primary amides is 1. The Hall–Kier alpha value is -3.15. The van der Waals surface area contributed by atoms with E-state index in [1.54, 1.807) is 36.4 Å². The van der Waals surface area contributed by atoms with Crippen LogP contribution < -0.4 is 15.8 Å². The summed E-state index contributed by atoms with van der Waals surface area (Å²) in [5, 5.41) is 2.40. The first-order chi connectivity index (χ1) is 12.3. The quantitative estimate of drug-likeness (QED) is 0.827. The van der Waals surface area contributed by atoms with Gasteiger partial charge in [0.05, 0.1) is 7.11 Å². The number of methoxy groups -OCH3 is 1. The highest BCUT2D eigenvalue weighted by atomic mass is 16.5. The van der Waals surface area contributed by atoms with Gasteiger partial charge in [0.2, 0.25) is 11.6 Å². The lowest BCUT2D eigenvalue weighted by molar-refractivity contribution is 0.0761. The first-order valence-electron chi connectivity index (χ1n) is 8.27. The summed E-state index contributed by atoms with van der Waals surface area (Å²) in [7, 11) is 1.46. The molecule has 0 atom stereocenters. The van der Waals surface area contributed by atoms with Crippen molar-refractivity contribution in [3.63, 3.8) is 0 Å². The number of rotatable bonds is 4. The van der Waals surface area contributed by atoms with E-state index in [0.29, 0.717) is 5.75 Å². The molecular weight excluding hydrogens is 332 g/mol. The topological polar surface area (TPSA) is 98.5 Å². The van der Waals surface area contributed by atoms with E-state index in [-0.39, 0.29) is 22.6 Å². The SMILES string of the molecule is COc1cc(C(C)C)ccc1C1(NC(N)=O)C(=O)c2ccccc2C1=O. The summed E-state index contributed by atoms with van der Waals surface area (Å²) in [6, 6.07) is 10.7. The van der Waals surface area contributed by atoms with Gasteiger partial charge in [0.15, 0.2) is 5.54 Å². The van der Waals surface area contributed by atoms with Gasteiger partial charge in [-0.3, -0.25) is 9.59 Å². The predicted octanol–water partition coefficient (Wildman–Crippen LogP) is 2.76. The van der Waals surface area contributed by atoms with Crippen molar-refractivity contribution in [2.24, 2.45) is 5.73 Å². The van der Waals surface area contributed by atoms with Crippen LogP contribution in [0.4, 0.5) is 4.79 Å². The van der Waals surface area contributed by atoms with E-state index in [0.717, 1.165) is 5.56 Å². The number of urea groups is 1. The third kappa shape index (κ3) is 2.45. The lowest BCUT2D eigenvalue weighted by Crippen LogP contribution is -2.55. The van der Waals surface area contributed by atoms with E-state index >= 15 is 0 Å². The number of ketones is 2. The van der Waals surface area contributed by atoms with Crippen molar-refractivity contribution >= 4 is 17.6 Å². The monoisotopic (exact) mass is 352 g/mol. The molecule has 2 aromatic carbocycles. The summed E-state index contributed by atoms with van der Waals surface area (Å²) in [6.45, 7) is 4.04. The number of carbonyl (C=O) groups is 3. The number of ether oxygens (including phenoxy) is 1. The van der Waals surface area contributed by atoms with E-state index in [1.165, 1.54) is 7.11 Å². The van der Waals surface area contributed by atoms with Crippen LogP contribution in [0.15, 0.2) is 42.5 Å². The normalized spacial score (nSPS) is 15.1. The molecule has 0 unspecified atom stereocenters.